The number of aliphatic imine (C=N–C) groups is 1. The van der Waals surface area contributed by atoms with Crippen LogP contribution in [0.2, 0.25) is 0 Å². The number of nitrogens with zero attached hydrogens (tertiary/aromatic N) is 1. The highest BCUT2D eigenvalue weighted by atomic mass is 19.1. The van der Waals surface area contributed by atoms with Crippen LogP contribution in [0.4, 0.5) is 4.39 Å². The molecule has 0 heterocycles. The summed E-state index contributed by atoms with van der Waals surface area (Å²) in [5.41, 5.74) is 1.98. The van der Waals surface area contributed by atoms with Crippen molar-refractivity contribution in [3.05, 3.63) is 23.7 Å². The fraction of sp³-hybridized carbons (Fsp3) is 0.444. The fourth-order valence-corrected chi connectivity index (χ4v) is 0.619. The predicted molar refractivity (Wildman–Crippen MR) is 47.4 cm³/mol. The summed E-state index contributed by atoms with van der Waals surface area (Å²) in [5, 5.41) is 0. The molecule has 0 spiro atoms. The van der Waals surface area contributed by atoms with E-state index in [-0.39, 0.29) is 5.83 Å². The Bertz CT molecular complexity index is 220. The van der Waals surface area contributed by atoms with Gasteiger partial charge in [0.05, 0.1) is 0 Å². The highest BCUT2D eigenvalue weighted by molar-refractivity contribution is 5.98. The van der Waals surface area contributed by atoms with Gasteiger partial charge in [-0.2, -0.15) is 0 Å². The summed E-state index contributed by atoms with van der Waals surface area (Å²) in [6.07, 6.45) is 0. The van der Waals surface area contributed by atoms with Gasteiger partial charge >= 0.3 is 0 Å². The van der Waals surface area contributed by atoms with Crippen molar-refractivity contribution in [3.8, 4) is 0 Å². The Morgan fingerprint density at radius 2 is 1.64 bits per heavy atom. The summed E-state index contributed by atoms with van der Waals surface area (Å²) in [4.78, 5) is 4.02. The molecule has 0 aromatic rings. The van der Waals surface area contributed by atoms with Crippen LogP contribution < -0.4 is 0 Å². The van der Waals surface area contributed by atoms with Crippen LogP contribution in [0.1, 0.15) is 27.7 Å². The van der Waals surface area contributed by atoms with Crippen LogP contribution in [0.15, 0.2) is 28.7 Å². The van der Waals surface area contributed by atoms with Crippen molar-refractivity contribution < 1.29 is 4.39 Å². The van der Waals surface area contributed by atoms with Crippen LogP contribution in [0.25, 0.3) is 0 Å². The zero-order chi connectivity index (χ0) is 9.02. The lowest BCUT2D eigenvalue weighted by Gasteiger charge is -1.99. The monoisotopic (exact) mass is 155 g/mol. The third-order valence-electron chi connectivity index (χ3n) is 1.42. The molecule has 0 saturated carbocycles. The van der Waals surface area contributed by atoms with E-state index in [2.05, 4.69) is 11.6 Å². The Morgan fingerprint density at radius 1 is 1.18 bits per heavy atom. The number of hydrogen-bond donors (Lipinski definition) is 0. The molecular formula is C9H14FN. The van der Waals surface area contributed by atoms with Gasteiger partial charge in [-0.3, -0.25) is 4.99 Å². The van der Waals surface area contributed by atoms with E-state index in [9.17, 15) is 4.39 Å². The van der Waals surface area contributed by atoms with Gasteiger partial charge in [0.15, 0.2) is 0 Å². The summed E-state index contributed by atoms with van der Waals surface area (Å²) in [6.45, 7) is 10.3. The van der Waals surface area contributed by atoms with Crippen molar-refractivity contribution in [1.82, 2.24) is 0 Å². The molecule has 0 unspecified atom stereocenters. The number of hydrogen-bond acceptors (Lipinski definition) is 1. The van der Waals surface area contributed by atoms with Gasteiger partial charge in [-0.15, -0.1) is 0 Å². The van der Waals surface area contributed by atoms with E-state index >= 15 is 0 Å². The van der Waals surface area contributed by atoms with E-state index in [0.717, 1.165) is 0 Å². The normalized spacial score (nSPS) is 14.5. The minimum atomic E-state index is -0.187. The van der Waals surface area contributed by atoms with Gasteiger partial charge in [-0.25, -0.2) is 4.39 Å². The van der Waals surface area contributed by atoms with Crippen molar-refractivity contribution >= 4 is 5.71 Å². The lowest BCUT2D eigenvalue weighted by Crippen LogP contribution is -1.94. The molecule has 1 nitrogen and oxygen atoms in total. The molecule has 0 amide bonds. The van der Waals surface area contributed by atoms with Gasteiger partial charge < -0.3 is 0 Å². The number of halogens is 1. The van der Waals surface area contributed by atoms with Gasteiger partial charge in [-0.1, -0.05) is 6.58 Å². The lowest BCUT2D eigenvalue weighted by molar-refractivity contribution is 0.633. The summed E-state index contributed by atoms with van der Waals surface area (Å²) >= 11 is 0. The first kappa shape index (κ1) is 10.1. The fourth-order valence-electron chi connectivity index (χ4n) is 0.619. The summed E-state index contributed by atoms with van der Waals surface area (Å²) in [6, 6.07) is 0. The Balaban J connectivity index is 4.63. The Labute approximate surface area is 67.3 Å². The summed E-state index contributed by atoms with van der Waals surface area (Å²) < 4.78 is 12.6. The molecule has 0 aliphatic rings. The van der Waals surface area contributed by atoms with E-state index < -0.39 is 0 Å². The van der Waals surface area contributed by atoms with Crippen LogP contribution in [-0.4, -0.2) is 5.71 Å². The van der Waals surface area contributed by atoms with Crippen LogP contribution in [-0.2, 0) is 0 Å². The largest absolute Gasteiger partial charge is 0.259 e. The highest BCUT2D eigenvalue weighted by Gasteiger charge is 1.98. The number of rotatable bonds is 2. The molecule has 0 aromatic carbocycles. The first-order valence-electron chi connectivity index (χ1n) is 3.49. The van der Waals surface area contributed by atoms with Crippen LogP contribution >= 0.6 is 0 Å². The molecule has 2 heteroatoms. The quantitative estimate of drug-likeness (QED) is 0.543. The smallest absolute Gasteiger partial charge is 0.102 e. The molecule has 62 valence electrons. The number of allylic oxidation sites excluding steroid dienone is 3. The maximum absolute atomic E-state index is 12.6. The molecule has 0 aliphatic carbocycles. The molecule has 0 bridgehead atoms. The molecular weight excluding hydrogens is 141 g/mol. The van der Waals surface area contributed by atoms with Crippen molar-refractivity contribution in [3.63, 3.8) is 0 Å². The van der Waals surface area contributed by atoms with Gasteiger partial charge in [0.1, 0.15) is 5.83 Å². The Morgan fingerprint density at radius 3 is 1.91 bits per heavy atom. The second-order valence-corrected chi connectivity index (χ2v) is 2.59. The van der Waals surface area contributed by atoms with Crippen molar-refractivity contribution in [2.75, 3.05) is 0 Å². The maximum atomic E-state index is 12.6. The second kappa shape index (κ2) is 4.06. The van der Waals surface area contributed by atoms with Crippen LogP contribution in [0, 0.1) is 0 Å². The topological polar surface area (TPSA) is 12.4 Å². The van der Waals surface area contributed by atoms with Gasteiger partial charge in [0.2, 0.25) is 0 Å². The Kier molecular flexibility index (Phi) is 3.72. The second-order valence-electron chi connectivity index (χ2n) is 2.59. The van der Waals surface area contributed by atoms with Crippen molar-refractivity contribution in [2.45, 2.75) is 27.7 Å². The van der Waals surface area contributed by atoms with Gasteiger partial charge in [0, 0.05) is 17.0 Å². The third kappa shape index (κ3) is 3.71. The molecule has 11 heavy (non-hydrogen) atoms. The molecule has 0 N–H and O–H groups in total. The maximum Gasteiger partial charge on any atom is 0.102 e. The first-order chi connectivity index (χ1) is 4.95. The van der Waals surface area contributed by atoms with E-state index in [0.29, 0.717) is 17.0 Å². The molecule has 0 radical (unpaired) electrons. The van der Waals surface area contributed by atoms with Gasteiger partial charge in [-0.05, 0) is 27.7 Å². The molecule has 0 aliphatic heterocycles. The molecule has 0 atom stereocenters. The molecule has 0 rings (SSSR count). The van der Waals surface area contributed by atoms with Crippen molar-refractivity contribution in [1.29, 1.82) is 0 Å². The standard InChI is InChI=1S/C9H14FN/c1-6(2)11-9(5)7(3)8(4)10/h1H2,2-5H3/b8-7+,11-9?. The Hall–Kier alpha value is -0.920. The minimum absolute atomic E-state index is 0.187. The van der Waals surface area contributed by atoms with E-state index in [1.165, 1.54) is 6.92 Å². The molecule has 0 fully saturated rings. The molecule has 0 saturated heterocycles. The summed E-state index contributed by atoms with van der Waals surface area (Å²) in [7, 11) is 0. The third-order valence-corrected chi connectivity index (χ3v) is 1.42. The highest BCUT2D eigenvalue weighted by Crippen LogP contribution is 2.07. The zero-order valence-corrected chi connectivity index (χ0v) is 7.53. The van der Waals surface area contributed by atoms with Gasteiger partial charge in [0.25, 0.3) is 0 Å². The van der Waals surface area contributed by atoms with E-state index in [1.807, 2.05) is 0 Å². The van der Waals surface area contributed by atoms with Crippen LogP contribution in [0.3, 0.4) is 0 Å². The average molecular weight is 155 g/mol. The molecule has 0 aromatic heterocycles. The van der Waals surface area contributed by atoms with Crippen molar-refractivity contribution in [2.24, 2.45) is 4.99 Å². The average Bonchev–Trinajstić information content (AvgIpc) is 1.84. The lowest BCUT2D eigenvalue weighted by atomic mass is 10.2. The SMILES string of the molecule is C=C(C)N=C(C)/C(C)=C(\C)F. The minimum Gasteiger partial charge on any atom is -0.259 e. The summed E-state index contributed by atoms with van der Waals surface area (Å²) in [5.74, 6) is -0.187. The zero-order valence-electron chi connectivity index (χ0n) is 7.53. The predicted octanol–water partition coefficient (Wildman–Crippen LogP) is 3.24. The van der Waals surface area contributed by atoms with E-state index in [1.54, 1.807) is 20.8 Å². The van der Waals surface area contributed by atoms with Crippen LogP contribution in [0.5, 0.6) is 0 Å². The van der Waals surface area contributed by atoms with E-state index in [4.69, 9.17) is 0 Å². The first-order valence-corrected chi connectivity index (χ1v) is 3.49.